The molecule has 2 amide bonds. The molecule has 0 bridgehead atoms. The number of rotatable bonds is 8. The van der Waals surface area contributed by atoms with Gasteiger partial charge in [0.25, 0.3) is 26.2 Å². The van der Waals surface area contributed by atoms with E-state index in [-0.39, 0.29) is 33.0 Å². The fraction of sp³-hybridized carbons (Fsp3) is 0.200. The van der Waals surface area contributed by atoms with Gasteiger partial charge in [0, 0.05) is 11.1 Å². The summed E-state index contributed by atoms with van der Waals surface area (Å²) in [5.74, 6) is -1.01. The van der Waals surface area contributed by atoms with Gasteiger partial charge in [0.2, 0.25) is 5.13 Å². The number of nitrogens with zero attached hydrogens (tertiary/aromatic N) is 2. The lowest BCUT2D eigenvalue weighted by Gasteiger charge is -2.14. The highest BCUT2D eigenvalue weighted by atomic mass is 35.5. The maximum atomic E-state index is 12.8. The van der Waals surface area contributed by atoms with Gasteiger partial charge in [-0.15, -0.1) is 10.2 Å². The van der Waals surface area contributed by atoms with Gasteiger partial charge in [-0.05, 0) is 43.7 Å². The highest BCUT2D eigenvalue weighted by Gasteiger charge is 2.24. The molecule has 9 nitrogen and oxygen atoms in total. The number of benzene rings is 2. The Morgan fingerprint density at radius 3 is 2.48 bits per heavy atom. The number of amides is 2. The first-order valence-corrected chi connectivity index (χ1v) is 12.7. The van der Waals surface area contributed by atoms with Gasteiger partial charge in [0.15, 0.2) is 0 Å². The Kier molecular flexibility index (Phi) is 7.90. The van der Waals surface area contributed by atoms with Crippen LogP contribution in [0.1, 0.15) is 41.0 Å². The van der Waals surface area contributed by atoms with Gasteiger partial charge in [0.1, 0.15) is 0 Å². The molecule has 0 saturated carbocycles. The molecule has 0 radical (unpaired) electrons. The monoisotopic (exact) mass is 527 g/mol. The Morgan fingerprint density at radius 1 is 1.06 bits per heavy atom. The summed E-state index contributed by atoms with van der Waals surface area (Å²) < 4.78 is 27.6. The fourth-order valence-electron chi connectivity index (χ4n) is 2.57. The summed E-state index contributed by atoms with van der Waals surface area (Å²) in [5.41, 5.74) is 0.392. The molecule has 2 aromatic carbocycles. The van der Waals surface area contributed by atoms with E-state index in [1.54, 1.807) is 12.1 Å². The molecule has 33 heavy (non-hydrogen) atoms. The third-order valence-electron chi connectivity index (χ3n) is 4.44. The number of hydrogen-bond acceptors (Lipinski definition) is 7. The molecule has 0 aliphatic rings. The maximum Gasteiger partial charge on any atom is 0.291 e. The standard InChI is InChI=1S/C20H19Cl2N5O4S2/c1-3-11(2)23-18(29)14-6-4-5-7-16(14)27-33(30,31)20-26-25-19(32-20)24-17(28)13-9-8-12(21)10-15(13)22/h4-11,27H,3H2,1-2H3,(H,23,29)(H,24,25,28). The van der Waals surface area contributed by atoms with E-state index < -0.39 is 26.2 Å². The van der Waals surface area contributed by atoms with Crippen molar-refractivity contribution in [2.45, 2.75) is 30.6 Å². The van der Waals surface area contributed by atoms with Crippen LogP contribution in [0.3, 0.4) is 0 Å². The quantitative estimate of drug-likeness (QED) is 0.371. The number of hydrogen-bond donors (Lipinski definition) is 3. The molecule has 0 aliphatic carbocycles. The highest BCUT2D eigenvalue weighted by molar-refractivity contribution is 7.94. The minimum Gasteiger partial charge on any atom is -0.350 e. The van der Waals surface area contributed by atoms with E-state index >= 15 is 0 Å². The zero-order valence-corrected chi connectivity index (χ0v) is 20.6. The average molecular weight is 528 g/mol. The van der Waals surface area contributed by atoms with Crippen LogP contribution in [0.15, 0.2) is 46.8 Å². The second-order valence-corrected chi connectivity index (χ2v) is 10.6. The molecule has 1 unspecified atom stereocenters. The first-order valence-electron chi connectivity index (χ1n) is 9.63. The van der Waals surface area contributed by atoms with Crippen LogP contribution in [0, 0.1) is 0 Å². The molecule has 1 heterocycles. The van der Waals surface area contributed by atoms with Crippen LogP contribution in [-0.4, -0.2) is 36.5 Å². The van der Waals surface area contributed by atoms with Gasteiger partial charge in [-0.3, -0.25) is 19.6 Å². The predicted octanol–water partition coefficient (Wildman–Crippen LogP) is 4.43. The smallest absolute Gasteiger partial charge is 0.291 e. The molecular weight excluding hydrogens is 509 g/mol. The first kappa shape index (κ1) is 24.9. The molecule has 0 spiro atoms. The lowest BCUT2D eigenvalue weighted by molar-refractivity contribution is 0.0939. The SMILES string of the molecule is CCC(C)NC(=O)c1ccccc1NS(=O)(=O)c1nnc(NC(=O)c2ccc(Cl)cc2Cl)s1. The van der Waals surface area contributed by atoms with Gasteiger partial charge < -0.3 is 5.32 Å². The van der Waals surface area contributed by atoms with E-state index in [4.69, 9.17) is 23.2 Å². The number of nitrogens with one attached hydrogen (secondary N) is 3. The molecule has 0 saturated heterocycles. The van der Waals surface area contributed by atoms with E-state index in [9.17, 15) is 18.0 Å². The number of halogens is 2. The number of para-hydroxylation sites is 1. The molecular formula is C20H19Cl2N5O4S2. The number of anilines is 2. The van der Waals surface area contributed by atoms with Crippen LogP contribution in [0.25, 0.3) is 0 Å². The molecule has 3 N–H and O–H groups in total. The van der Waals surface area contributed by atoms with Gasteiger partial charge in [-0.1, -0.05) is 53.6 Å². The summed E-state index contributed by atoms with van der Waals surface area (Å²) >= 11 is 12.5. The largest absolute Gasteiger partial charge is 0.350 e. The Hall–Kier alpha value is -2.73. The van der Waals surface area contributed by atoms with Crippen molar-refractivity contribution in [2.24, 2.45) is 0 Å². The summed E-state index contributed by atoms with van der Waals surface area (Å²) in [6.45, 7) is 3.77. The minimum atomic E-state index is -4.18. The van der Waals surface area contributed by atoms with Crippen LogP contribution in [0.2, 0.25) is 10.0 Å². The van der Waals surface area contributed by atoms with Crippen molar-refractivity contribution >= 4 is 67.2 Å². The van der Waals surface area contributed by atoms with E-state index in [2.05, 4.69) is 25.6 Å². The average Bonchev–Trinajstić information content (AvgIpc) is 3.23. The molecule has 13 heteroatoms. The zero-order valence-electron chi connectivity index (χ0n) is 17.4. The highest BCUT2D eigenvalue weighted by Crippen LogP contribution is 2.26. The van der Waals surface area contributed by atoms with Crippen molar-refractivity contribution in [3.8, 4) is 0 Å². The topological polar surface area (TPSA) is 130 Å². The van der Waals surface area contributed by atoms with Crippen LogP contribution >= 0.6 is 34.5 Å². The van der Waals surface area contributed by atoms with Gasteiger partial charge in [0.05, 0.1) is 21.8 Å². The van der Waals surface area contributed by atoms with Crippen molar-refractivity contribution in [3.63, 3.8) is 0 Å². The summed E-state index contributed by atoms with van der Waals surface area (Å²) in [6, 6.07) is 10.5. The molecule has 174 valence electrons. The molecule has 1 aromatic heterocycles. The first-order chi connectivity index (χ1) is 15.6. The number of aromatic nitrogens is 2. The Balaban J connectivity index is 1.78. The maximum absolute atomic E-state index is 12.8. The van der Waals surface area contributed by atoms with Crippen LogP contribution in [0.4, 0.5) is 10.8 Å². The summed E-state index contributed by atoms with van der Waals surface area (Å²) in [7, 11) is -4.18. The zero-order chi connectivity index (χ0) is 24.2. The van der Waals surface area contributed by atoms with Gasteiger partial charge in [-0.2, -0.15) is 8.42 Å². The third-order valence-corrected chi connectivity index (χ3v) is 7.56. The van der Waals surface area contributed by atoms with Gasteiger partial charge >= 0.3 is 0 Å². The molecule has 1 atom stereocenters. The number of carbonyl (C=O) groups excluding carboxylic acids is 2. The van der Waals surface area contributed by atoms with Crippen LogP contribution in [-0.2, 0) is 10.0 Å². The Bertz CT molecular complexity index is 1300. The van der Waals surface area contributed by atoms with E-state index in [0.29, 0.717) is 16.4 Å². The lowest BCUT2D eigenvalue weighted by atomic mass is 10.1. The molecule has 0 fully saturated rings. The van der Waals surface area contributed by atoms with Crippen molar-refractivity contribution in [1.82, 2.24) is 15.5 Å². The van der Waals surface area contributed by atoms with Crippen LogP contribution < -0.4 is 15.4 Å². The third kappa shape index (κ3) is 6.20. The summed E-state index contributed by atoms with van der Waals surface area (Å²) in [4.78, 5) is 24.9. The number of sulfonamides is 1. The minimum absolute atomic E-state index is 0.0470. The second-order valence-electron chi connectivity index (χ2n) is 6.89. The molecule has 3 rings (SSSR count). The Labute approximate surface area is 204 Å². The lowest BCUT2D eigenvalue weighted by Crippen LogP contribution is -2.32. The van der Waals surface area contributed by atoms with E-state index in [0.717, 1.165) is 6.42 Å². The number of carbonyl (C=O) groups is 2. The van der Waals surface area contributed by atoms with Crippen molar-refractivity contribution < 1.29 is 18.0 Å². The van der Waals surface area contributed by atoms with Crippen molar-refractivity contribution in [2.75, 3.05) is 10.0 Å². The van der Waals surface area contributed by atoms with Crippen molar-refractivity contribution in [1.29, 1.82) is 0 Å². The molecule has 0 aliphatic heterocycles. The normalized spacial score (nSPS) is 12.1. The Morgan fingerprint density at radius 2 is 1.79 bits per heavy atom. The van der Waals surface area contributed by atoms with E-state index in [1.165, 1.54) is 30.3 Å². The summed E-state index contributed by atoms with van der Waals surface area (Å²) in [5, 5.41) is 13.1. The van der Waals surface area contributed by atoms with Crippen LogP contribution in [0.5, 0.6) is 0 Å². The van der Waals surface area contributed by atoms with Crippen molar-refractivity contribution in [3.05, 3.63) is 63.6 Å². The molecule has 3 aromatic rings. The van der Waals surface area contributed by atoms with E-state index in [1.807, 2.05) is 13.8 Å². The van der Waals surface area contributed by atoms with Gasteiger partial charge in [-0.25, -0.2) is 0 Å². The second kappa shape index (κ2) is 10.5. The predicted molar refractivity (Wildman–Crippen MR) is 129 cm³/mol. The fourth-order valence-corrected chi connectivity index (χ4v) is 5.04. The summed E-state index contributed by atoms with van der Waals surface area (Å²) in [6.07, 6.45) is 0.722.